The minimum absolute atomic E-state index is 0.206. The molecule has 1 heterocycles. The number of anilines is 1. The van der Waals surface area contributed by atoms with Gasteiger partial charge in [-0.15, -0.1) is 0 Å². The lowest BCUT2D eigenvalue weighted by Crippen LogP contribution is -2.39. The summed E-state index contributed by atoms with van der Waals surface area (Å²) >= 11 is 6.02. The molecule has 24 heavy (non-hydrogen) atoms. The van der Waals surface area contributed by atoms with Gasteiger partial charge in [0, 0.05) is 28.9 Å². The van der Waals surface area contributed by atoms with Crippen LogP contribution in [0, 0.1) is 5.82 Å². The summed E-state index contributed by atoms with van der Waals surface area (Å²) in [7, 11) is 0. The Bertz CT molecular complexity index is 692. The van der Waals surface area contributed by atoms with Crippen LogP contribution in [0.1, 0.15) is 37.7 Å². The highest BCUT2D eigenvalue weighted by molar-refractivity contribution is 6.31. The average molecular weight is 351 g/mol. The summed E-state index contributed by atoms with van der Waals surface area (Å²) in [5, 5.41) is 10.3. The van der Waals surface area contributed by atoms with Gasteiger partial charge in [0.15, 0.2) is 5.82 Å². The van der Waals surface area contributed by atoms with E-state index < -0.39 is 0 Å². The van der Waals surface area contributed by atoms with Crippen LogP contribution in [0.3, 0.4) is 0 Å². The molecule has 7 heteroatoms. The normalized spacial score (nSPS) is 15.2. The summed E-state index contributed by atoms with van der Waals surface area (Å²) < 4.78 is 15.4. The lowest BCUT2D eigenvalue weighted by atomic mass is 9.96. The molecular formula is C17H20ClFN4O. The van der Waals surface area contributed by atoms with Crippen molar-refractivity contribution in [3.8, 4) is 0 Å². The van der Waals surface area contributed by atoms with Crippen LogP contribution in [0.5, 0.6) is 0 Å². The largest absolute Gasteiger partial charge is 0.335 e. The minimum atomic E-state index is -0.373. The molecule has 1 aliphatic carbocycles. The topological polar surface area (TPSA) is 59.0 Å². The Morgan fingerprint density at radius 2 is 2.08 bits per heavy atom. The van der Waals surface area contributed by atoms with Crippen molar-refractivity contribution in [2.45, 2.75) is 44.7 Å². The zero-order chi connectivity index (χ0) is 16.9. The van der Waals surface area contributed by atoms with Gasteiger partial charge in [0.1, 0.15) is 5.82 Å². The standard InChI is InChI=1S/C17H20ClFN4O/c18-14-7-4-8-15(19)13(14)11-23-10-9-16(22-23)21-17(24)20-12-5-2-1-3-6-12/h4,7-10,12H,1-3,5-6,11H2,(H2,20,21,22,24). The Kier molecular flexibility index (Phi) is 5.35. The fourth-order valence-corrected chi connectivity index (χ4v) is 3.17. The first kappa shape index (κ1) is 16.8. The van der Waals surface area contributed by atoms with Gasteiger partial charge in [-0.3, -0.25) is 10.00 Å². The molecule has 1 aromatic carbocycles. The number of amides is 2. The number of nitrogens with zero attached hydrogens (tertiary/aromatic N) is 2. The van der Waals surface area contributed by atoms with E-state index in [-0.39, 0.29) is 24.4 Å². The molecule has 2 N–H and O–H groups in total. The highest BCUT2D eigenvalue weighted by atomic mass is 35.5. The van der Waals surface area contributed by atoms with Crippen molar-refractivity contribution in [1.29, 1.82) is 0 Å². The summed E-state index contributed by atoms with van der Waals surface area (Å²) in [6.07, 6.45) is 7.27. The highest BCUT2D eigenvalue weighted by Crippen LogP contribution is 2.20. The third-order valence-electron chi connectivity index (χ3n) is 4.20. The second kappa shape index (κ2) is 7.66. The van der Waals surface area contributed by atoms with Crippen LogP contribution in [0.25, 0.3) is 0 Å². The molecule has 1 fully saturated rings. The molecule has 5 nitrogen and oxygen atoms in total. The first-order valence-corrected chi connectivity index (χ1v) is 8.53. The SMILES string of the molecule is O=C(Nc1ccn(Cc2c(F)cccc2Cl)n1)NC1CCCCC1. The molecule has 0 radical (unpaired) electrons. The third-order valence-corrected chi connectivity index (χ3v) is 4.56. The summed E-state index contributed by atoms with van der Waals surface area (Å²) in [6, 6.07) is 6.22. The number of hydrogen-bond donors (Lipinski definition) is 2. The number of carbonyl (C=O) groups is 1. The summed E-state index contributed by atoms with van der Waals surface area (Å²) in [5.41, 5.74) is 0.375. The molecule has 3 rings (SSSR count). The van der Waals surface area contributed by atoms with Gasteiger partial charge >= 0.3 is 6.03 Å². The molecule has 2 amide bonds. The first-order valence-electron chi connectivity index (χ1n) is 8.15. The van der Waals surface area contributed by atoms with E-state index in [1.165, 1.54) is 12.5 Å². The molecule has 0 saturated heterocycles. The molecule has 1 aliphatic rings. The van der Waals surface area contributed by atoms with Gasteiger partial charge < -0.3 is 5.32 Å². The lowest BCUT2D eigenvalue weighted by Gasteiger charge is -2.22. The van der Waals surface area contributed by atoms with Crippen LogP contribution in [0.4, 0.5) is 15.0 Å². The fraction of sp³-hybridized carbons (Fsp3) is 0.412. The van der Waals surface area contributed by atoms with Crippen molar-refractivity contribution in [2.75, 3.05) is 5.32 Å². The maximum atomic E-state index is 13.8. The minimum Gasteiger partial charge on any atom is -0.335 e. The lowest BCUT2D eigenvalue weighted by molar-refractivity contribution is 0.244. The number of rotatable bonds is 4. The molecule has 1 saturated carbocycles. The van der Waals surface area contributed by atoms with Crippen LogP contribution < -0.4 is 10.6 Å². The van der Waals surface area contributed by atoms with Gasteiger partial charge in [-0.05, 0) is 25.0 Å². The fourth-order valence-electron chi connectivity index (χ4n) is 2.95. The third kappa shape index (κ3) is 4.26. The predicted molar refractivity (Wildman–Crippen MR) is 91.8 cm³/mol. The number of halogens is 2. The molecular weight excluding hydrogens is 331 g/mol. The van der Waals surface area contributed by atoms with Gasteiger partial charge in [-0.25, -0.2) is 9.18 Å². The maximum Gasteiger partial charge on any atom is 0.320 e. The van der Waals surface area contributed by atoms with Crippen molar-refractivity contribution in [3.63, 3.8) is 0 Å². The van der Waals surface area contributed by atoms with E-state index in [1.54, 1.807) is 29.1 Å². The molecule has 0 spiro atoms. The number of urea groups is 1. The summed E-state index contributed by atoms with van der Waals surface area (Å²) in [5.74, 6) is 0.0540. The van der Waals surface area contributed by atoms with Crippen molar-refractivity contribution in [3.05, 3.63) is 46.9 Å². The average Bonchev–Trinajstić information content (AvgIpc) is 2.99. The number of aromatic nitrogens is 2. The molecule has 0 bridgehead atoms. The van der Waals surface area contributed by atoms with Gasteiger partial charge in [-0.1, -0.05) is 36.9 Å². The van der Waals surface area contributed by atoms with Crippen molar-refractivity contribution in [1.82, 2.24) is 15.1 Å². The van der Waals surface area contributed by atoms with E-state index in [2.05, 4.69) is 15.7 Å². The van der Waals surface area contributed by atoms with Crippen LogP contribution in [0.2, 0.25) is 5.02 Å². The summed E-state index contributed by atoms with van der Waals surface area (Å²) in [4.78, 5) is 12.0. The van der Waals surface area contributed by atoms with Crippen molar-refractivity contribution < 1.29 is 9.18 Å². The smallest absolute Gasteiger partial charge is 0.320 e. The van der Waals surface area contributed by atoms with Gasteiger partial charge in [0.2, 0.25) is 0 Å². The number of hydrogen-bond acceptors (Lipinski definition) is 2. The Labute approximate surface area is 145 Å². The highest BCUT2D eigenvalue weighted by Gasteiger charge is 2.16. The maximum absolute atomic E-state index is 13.8. The van der Waals surface area contributed by atoms with Crippen LogP contribution in [-0.4, -0.2) is 21.9 Å². The number of nitrogens with one attached hydrogen (secondary N) is 2. The molecule has 0 aliphatic heterocycles. The first-order chi connectivity index (χ1) is 11.6. The van der Waals surface area contributed by atoms with Gasteiger partial charge in [-0.2, -0.15) is 5.10 Å². The number of benzene rings is 1. The summed E-state index contributed by atoms with van der Waals surface area (Å²) in [6.45, 7) is 0.206. The molecule has 2 aromatic rings. The molecule has 128 valence electrons. The van der Waals surface area contributed by atoms with Crippen LogP contribution in [-0.2, 0) is 6.54 Å². The Morgan fingerprint density at radius 3 is 2.83 bits per heavy atom. The van der Waals surface area contributed by atoms with E-state index in [0.717, 1.165) is 25.7 Å². The molecule has 0 unspecified atom stereocenters. The Morgan fingerprint density at radius 1 is 1.29 bits per heavy atom. The van der Waals surface area contributed by atoms with E-state index in [4.69, 9.17) is 11.6 Å². The van der Waals surface area contributed by atoms with E-state index in [0.29, 0.717) is 16.4 Å². The van der Waals surface area contributed by atoms with E-state index >= 15 is 0 Å². The van der Waals surface area contributed by atoms with Crippen molar-refractivity contribution in [2.24, 2.45) is 0 Å². The Balaban J connectivity index is 1.58. The van der Waals surface area contributed by atoms with E-state index in [9.17, 15) is 9.18 Å². The van der Waals surface area contributed by atoms with Gasteiger partial charge in [0.05, 0.1) is 6.54 Å². The van der Waals surface area contributed by atoms with Gasteiger partial charge in [0.25, 0.3) is 0 Å². The van der Waals surface area contributed by atoms with Crippen LogP contribution >= 0.6 is 11.6 Å². The van der Waals surface area contributed by atoms with Crippen molar-refractivity contribution >= 4 is 23.4 Å². The number of carbonyl (C=O) groups excluding carboxylic acids is 1. The van der Waals surface area contributed by atoms with Crippen LogP contribution in [0.15, 0.2) is 30.5 Å². The zero-order valence-corrected chi connectivity index (χ0v) is 14.0. The predicted octanol–water partition coefficient (Wildman–Crippen LogP) is 4.18. The second-order valence-corrected chi connectivity index (χ2v) is 6.44. The quantitative estimate of drug-likeness (QED) is 0.869. The molecule has 1 aromatic heterocycles. The Hall–Kier alpha value is -2.08. The molecule has 0 atom stereocenters. The zero-order valence-electron chi connectivity index (χ0n) is 13.3. The second-order valence-electron chi connectivity index (χ2n) is 6.03. The monoisotopic (exact) mass is 350 g/mol. The van der Waals surface area contributed by atoms with E-state index in [1.807, 2.05) is 0 Å².